The Balaban J connectivity index is 2.00. The monoisotopic (exact) mass is 268 g/mol. The normalized spacial score (nSPS) is 16.8. The van der Waals surface area contributed by atoms with Crippen molar-refractivity contribution in [1.82, 2.24) is 5.32 Å². The van der Waals surface area contributed by atoms with Gasteiger partial charge in [-0.1, -0.05) is 0 Å². The number of aliphatic hydroxyl groups is 1. The molecule has 1 aromatic rings. The molecule has 0 radical (unpaired) electrons. The van der Waals surface area contributed by atoms with Gasteiger partial charge in [0.05, 0.1) is 22.0 Å². The highest BCUT2D eigenvalue weighted by Gasteiger charge is 2.38. The lowest BCUT2D eigenvalue weighted by atomic mass is 9.77. The predicted octanol–water partition coefficient (Wildman–Crippen LogP) is 1.35. The Morgan fingerprint density at radius 3 is 2.67 bits per heavy atom. The summed E-state index contributed by atoms with van der Waals surface area (Å²) in [5.41, 5.74) is -0.435. The van der Waals surface area contributed by atoms with Gasteiger partial charge in [-0.15, -0.1) is 11.3 Å². The average molecular weight is 268 g/mol. The second kappa shape index (κ2) is 5.07. The van der Waals surface area contributed by atoms with E-state index in [1.54, 1.807) is 12.1 Å². The SMILES string of the molecule is CC(=O)Nc1ccc(C(=O)NC2(CO)CCC2)s1. The molecule has 1 aliphatic carbocycles. The smallest absolute Gasteiger partial charge is 0.261 e. The Morgan fingerprint density at radius 2 is 2.17 bits per heavy atom. The summed E-state index contributed by atoms with van der Waals surface area (Å²) in [6.07, 6.45) is 2.67. The quantitative estimate of drug-likeness (QED) is 0.771. The molecule has 1 fully saturated rings. The van der Waals surface area contributed by atoms with Crippen LogP contribution in [0.25, 0.3) is 0 Å². The Labute approximate surface area is 109 Å². The van der Waals surface area contributed by atoms with Gasteiger partial charge in [-0.25, -0.2) is 0 Å². The molecule has 2 amide bonds. The van der Waals surface area contributed by atoms with Crippen molar-refractivity contribution in [2.45, 2.75) is 31.7 Å². The molecule has 2 rings (SSSR count). The van der Waals surface area contributed by atoms with Crippen molar-refractivity contribution in [1.29, 1.82) is 0 Å². The molecule has 0 spiro atoms. The molecule has 0 aromatic carbocycles. The summed E-state index contributed by atoms with van der Waals surface area (Å²) < 4.78 is 0. The topological polar surface area (TPSA) is 78.4 Å². The molecule has 0 atom stereocenters. The number of hydrogen-bond donors (Lipinski definition) is 3. The highest BCUT2D eigenvalue weighted by atomic mass is 32.1. The van der Waals surface area contributed by atoms with Crippen molar-refractivity contribution in [3.63, 3.8) is 0 Å². The third-order valence-corrected chi connectivity index (χ3v) is 4.12. The van der Waals surface area contributed by atoms with Gasteiger partial charge in [0.1, 0.15) is 0 Å². The van der Waals surface area contributed by atoms with Crippen molar-refractivity contribution in [2.24, 2.45) is 0 Å². The van der Waals surface area contributed by atoms with E-state index in [-0.39, 0.29) is 18.4 Å². The minimum atomic E-state index is -0.435. The third kappa shape index (κ3) is 2.70. The number of carbonyl (C=O) groups excluding carboxylic acids is 2. The van der Waals surface area contributed by atoms with Crippen LogP contribution in [0.3, 0.4) is 0 Å². The molecule has 1 aromatic heterocycles. The summed E-state index contributed by atoms with van der Waals surface area (Å²) in [6, 6.07) is 3.38. The van der Waals surface area contributed by atoms with Gasteiger partial charge in [0.25, 0.3) is 5.91 Å². The Bertz CT molecular complexity index is 460. The van der Waals surface area contributed by atoms with Crippen LogP contribution in [0.4, 0.5) is 5.00 Å². The lowest BCUT2D eigenvalue weighted by Crippen LogP contribution is -2.56. The summed E-state index contributed by atoms with van der Waals surface area (Å²) in [5, 5.41) is 15.4. The highest BCUT2D eigenvalue weighted by Crippen LogP contribution is 2.32. The van der Waals surface area contributed by atoms with E-state index in [1.807, 2.05) is 0 Å². The fourth-order valence-electron chi connectivity index (χ4n) is 1.93. The van der Waals surface area contributed by atoms with E-state index in [0.717, 1.165) is 19.3 Å². The first-order chi connectivity index (χ1) is 8.54. The van der Waals surface area contributed by atoms with E-state index in [9.17, 15) is 14.7 Å². The summed E-state index contributed by atoms with van der Waals surface area (Å²) in [4.78, 5) is 23.4. The second-order valence-electron chi connectivity index (χ2n) is 4.59. The molecule has 0 aliphatic heterocycles. The fraction of sp³-hybridized carbons (Fsp3) is 0.500. The molecule has 1 heterocycles. The van der Waals surface area contributed by atoms with Crippen LogP contribution in [0.5, 0.6) is 0 Å². The molecule has 0 unspecified atom stereocenters. The maximum atomic E-state index is 12.0. The third-order valence-electron chi connectivity index (χ3n) is 3.12. The minimum absolute atomic E-state index is 0.0251. The summed E-state index contributed by atoms with van der Waals surface area (Å²) in [6.45, 7) is 1.40. The molecule has 5 nitrogen and oxygen atoms in total. The van der Waals surface area contributed by atoms with Crippen LogP contribution in [0.15, 0.2) is 12.1 Å². The fourth-order valence-corrected chi connectivity index (χ4v) is 2.78. The van der Waals surface area contributed by atoms with Crippen molar-refractivity contribution < 1.29 is 14.7 Å². The van der Waals surface area contributed by atoms with Gasteiger partial charge in [0.2, 0.25) is 5.91 Å². The van der Waals surface area contributed by atoms with E-state index in [0.29, 0.717) is 9.88 Å². The van der Waals surface area contributed by atoms with Crippen LogP contribution in [-0.2, 0) is 4.79 Å². The average Bonchev–Trinajstić information content (AvgIpc) is 2.70. The molecule has 18 heavy (non-hydrogen) atoms. The standard InChI is InChI=1S/C12H16N2O3S/c1-8(16)13-10-4-3-9(18-10)11(17)14-12(7-15)5-2-6-12/h3-4,15H,2,5-7H2,1H3,(H,13,16)(H,14,17). The Kier molecular flexibility index (Phi) is 3.68. The maximum Gasteiger partial charge on any atom is 0.261 e. The zero-order valence-corrected chi connectivity index (χ0v) is 11.0. The number of nitrogens with one attached hydrogen (secondary N) is 2. The van der Waals surface area contributed by atoms with Gasteiger partial charge < -0.3 is 15.7 Å². The maximum absolute atomic E-state index is 12.0. The van der Waals surface area contributed by atoms with Crippen LogP contribution in [0, 0.1) is 0 Å². The molecule has 6 heteroatoms. The number of hydrogen-bond acceptors (Lipinski definition) is 4. The van der Waals surface area contributed by atoms with E-state index in [1.165, 1.54) is 18.3 Å². The van der Waals surface area contributed by atoms with Crippen molar-refractivity contribution in [3.05, 3.63) is 17.0 Å². The number of anilines is 1. The lowest BCUT2D eigenvalue weighted by molar-refractivity contribution is -0.114. The highest BCUT2D eigenvalue weighted by molar-refractivity contribution is 7.18. The Hall–Kier alpha value is -1.40. The van der Waals surface area contributed by atoms with Gasteiger partial charge in [-0.3, -0.25) is 9.59 Å². The number of carbonyl (C=O) groups is 2. The zero-order valence-electron chi connectivity index (χ0n) is 10.2. The van der Waals surface area contributed by atoms with Gasteiger partial charge in [0, 0.05) is 6.92 Å². The number of aliphatic hydroxyl groups excluding tert-OH is 1. The van der Waals surface area contributed by atoms with E-state index >= 15 is 0 Å². The minimum Gasteiger partial charge on any atom is -0.394 e. The van der Waals surface area contributed by atoms with Crippen LogP contribution in [0.1, 0.15) is 35.9 Å². The first-order valence-corrected chi connectivity index (χ1v) is 6.67. The van der Waals surface area contributed by atoms with Crippen molar-refractivity contribution in [2.75, 3.05) is 11.9 Å². The first kappa shape index (κ1) is 13.0. The zero-order chi connectivity index (χ0) is 13.2. The summed E-state index contributed by atoms with van der Waals surface area (Å²) in [5.74, 6) is -0.347. The number of rotatable bonds is 4. The van der Waals surface area contributed by atoms with E-state index in [4.69, 9.17) is 0 Å². The molecule has 1 aliphatic rings. The molecule has 1 saturated carbocycles. The molecule has 0 saturated heterocycles. The number of amides is 2. The summed E-state index contributed by atoms with van der Waals surface area (Å²) >= 11 is 1.23. The first-order valence-electron chi connectivity index (χ1n) is 5.85. The molecular formula is C12H16N2O3S. The predicted molar refractivity (Wildman–Crippen MR) is 69.8 cm³/mol. The van der Waals surface area contributed by atoms with Crippen LogP contribution in [-0.4, -0.2) is 29.1 Å². The van der Waals surface area contributed by atoms with Gasteiger partial charge in [-0.05, 0) is 31.4 Å². The van der Waals surface area contributed by atoms with E-state index < -0.39 is 5.54 Å². The molecule has 98 valence electrons. The molecule has 0 bridgehead atoms. The summed E-state index contributed by atoms with van der Waals surface area (Å²) in [7, 11) is 0. The Morgan fingerprint density at radius 1 is 1.44 bits per heavy atom. The molecular weight excluding hydrogens is 252 g/mol. The van der Waals surface area contributed by atoms with Crippen LogP contribution in [0.2, 0.25) is 0 Å². The second-order valence-corrected chi connectivity index (χ2v) is 5.67. The van der Waals surface area contributed by atoms with Gasteiger partial charge >= 0.3 is 0 Å². The van der Waals surface area contributed by atoms with Crippen LogP contribution < -0.4 is 10.6 Å². The van der Waals surface area contributed by atoms with E-state index in [2.05, 4.69) is 10.6 Å². The van der Waals surface area contributed by atoms with Crippen molar-refractivity contribution >= 4 is 28.2 Å². The molecule has 3 N–H and O–H groups in total. The largest absolute Gasteiger partial charge is 0.394 e. The van der Waals surface area contributed by atoms with Crippen molar-refractivity contribution in [3.8, 4) is 0 Å². The van der Waals surface area contributed by atoms with Crippen LogP contribution >= 0.6 is 11.3 Å². The van der Waals surface area contributed by atoms with Gasteiger partial charge in [-0.2, -0.15) is 0 Å². The lowest BCUT2D eigenvalue weighted by Gasteiger charge is -2.40. The van der Waals surface area contributed by atoms with Gasteiger partial charge in [0.15, 0.2) is 0 Å². The number of thiophene rings is 1.